The van der Waals surface area contributed by atoms with E-state index in [-0.39, 0.29) is 17.9 Å². The Hall–Kier alpha value is -1.10. The van der Waals surface area contributed by atoms with Crippen LogP contribution >= 0.6 is 11.6 Å². The van der Waals surface area contributed by atoms with Gasteiger partial charge in [0.05, 0.1) is 12.6 Å². The van der Waals surface area contributed by atoms with Gasteiger partial charge >= 0.3 is 0 Å². The van der Waals surface area contributed by atoms with E-state index in [2.05, 4.69) is 10.2 Å². The molecule has 2 unspecified atom stereocenters. The molecule has 1 fully saturated rings. The Morgan fingerprint density at radius 2 is 2.35 bits per heavy atom. The van der Waals surface area contributed by atoms with Gasteiger partial charge in [-0.05, 0) is 50.4 Å². The number of carbonyl (C=O) groups excluding carboxylic acids is 1. The molecule has 0 radical (unpaired) electrons. The number of hydrogen-bond acceptors (Lipinski definition) is 3. The molecule has 0 saturated carbocycles. The van der Waals surface area contributed by atoms with E-state index >= 15 is 0 Å². The number of rotatable bonds is 4. The molecule has 0 aliphatic carbocycles. The van der Waals surface area contributed by atoms with Crippen LogP contribution in [0.2, 0.25) is 5.02 Å². The van der Waals surface area contributed by atoms with Gasteiger partial charge in [-0.1, -0.05) is 17.7 Å². The molecule has 1 aromatic rings. The van der Waals surface area contributed by atoms with Crippen molar-refractivity contribution in [1.82, 2.24) is 4.90 Å². The Morgan fingerprint density at radius 3 is 3.00 bits per heavy atom. The Kier molecular flexibility index (Phi) is 5.02. The number of aliphatic hydroxyl groups excluding tert-OH is 1. The van der Waals surface area contributed by atoms with Gasteiger partial charge in [-0.15, -0.1) is 0 Å². The summed E-state index contributed by atoms with van der Waals surface area (Å²) in [6.07, 6.45) is 0.638. The van der Waals surface area contributed by atoms with Gasteiger partial charge in [-0.2, -0.15) is 0 Å². The molecular weight excluding hydrogens is 276 g/mol. The van der Waals surface area contributed by atoms with Crippen LogP contribution in [-0.2, 0) is 4.79 Å². The third kappa shape index (κ3) is 3.72. The van der Waals surface area contributed by atoms with Crippen molar-refractivity contribution in [3.63, 3.8) is 0 Å². The van der Waals surface area contributed by atoms with Crippen molar-refractivity contribution in [2.24, 2.45) is 5.92 Å². The third-order valence-electron chi connectivity index (χ3n) is 3.90. The van der Waals surface area contributed by atoms with Crippen LogP contribution in [0.4, 0.5) is 5.69 Å². The summed E-state index contributed by atoms with van der Waals surface area (Å²) >= 11 is 6.03. The van der Waals surface area contributed by atoms with Gasteiger partial charge in [-0.3, -0.25) is 9.69 Å². The molecule has 20 heavy (non-hydrogen) atoms. The number of halogens is 1. The highest BCUT2D eigenvalue weighted by molar-refractivity contribution is 6.31. The summed E-state index contributed by atoms with van der Waals surface area (Å²) in [5.74, 6) is 0.234. The average molecular weight is 297 g/mol. The standard InChI is InChI=1S/C15H21ClN2O2/c1-10-13(16)4-3-5-14(10)17-15(20)9-18-7-6-12(8-18)11(2)19/h3-5,11-12,19H,6-9H2,1-2H3,(H,17,20). The maximum atomic E-state index is 12.1. The van der Waals surface area contributed by atoms with Crippen LogP contribution in [0, 0.1) is 12.8 Å². The van der Waals surface area contributed by atoms with Gasteiger partial charge in [0.25, 0.3) is 0 Å². The van der Waals surface area contributed by atoms with Crippen molar-refractivity contribution in [2.45, 2.75) is 26.4 Å². The molecule has 2 N–H and O–H groups in total. The Labute approximate surface area is 124 Å². The molecular formula is C15H21ClN2O2. The summed E-state index contributed by atoms with van der Waals surface area (Å²) < 4.78 is 0. The monoisotopic (exact) mass is 296 g/mol. The van der Waals surface area contributed by atoms with Gasteiger partial charge < -0.3 is 10.4 Å². The second-order valence-corrected chi connectivity index (χ2v) is 5.89. The van der Waals surface area contributed by atoms with Crippen molar-refractivity contribution < 1.29 is 9.90 Å². The second kappa shape index (κ2) is 6.57. The first-order chi connectivity index (χ1) is 9.47. The number of amides is 1. The topological polar surface area (TPSA) is 52.6 Å². The van der Waals surface area contributed by atoms with Crippen LogP contribution in [0.1, 0.15) is 18.9 Å². The van der Waals surface area contributed by atoms with E-state index in [1.807, 2.05) is 26.0 Å². The van der Waals surface area contributed by atoms with Crippen molar-refractivity contribution in [2.75, 3.05) is 25.0 Å². The molecule has 1 aliphatic heterocycles. The molecule has 1 aliphatic rings. The van der Waals surface area contributed by atoms with Crippen LogP contribution in [0.3, 0.4) is 0 Å². The zero-order chi connectivity index (χ0) is 14.7. The van der Waals surface area contributed by atoms with E-state index in [1.54, 1.807) is 6.07 Å². The number of anilines is 1. The van der Waals surface area contributed by atoms with E-state index < -0.39 is 0 Å². The first-order valence-electron chi connectivity index (χ1n) is 6.92. The lowest BCUT2D eigenvalue weighted by Gasteiger charge is -2.17. The highest BCUT2D eigenvalue weighted by Crippen LogP contribution is 2.23. The molecule has 2 atom stereocenters. The van der Waals surface area contributed by atoms with Crippen LogP contribution in [-0.4, -0.2) is 41.7 Å². The average Bonchev–Trinajstić information content (AvgIpc) is 2.83. The lowest BCUT2D eigenvalue weighted by atomic mass is 10.0. The van der Waals surface area contributed by atoms with Gasteiger partial charge in [0.15, 0.2) is 0 Å². The van der Waals surface area contributed by atoms with Crippen molar-refractivity contribution in [1.29, 1.82) is 0 Å². The number of nitrogens with one attached hydrogen (secondary N) is 1. The molecule has 4 nitrogen and oxygen atoms in total. The second-order valence-electron chi connectivity index (χ2n) is 5.49. The molecule has 2 rings (SSSR count). The lowest BCUT2D eigenvalue weighted by molar-refractivity contribution is -0.117. The minimum atomic E-state index is -0.307. The molecule has 1 aromatic carbocycles. The Morgan fingerprint density at radius 1 is 1.60 bits per heavy atom. The fourth-order valence-electron chi connectivity index (χ4n) is 2.54. The van der Waals surface area contributed by atoms with Crippen molar-refractivity contribution >= 4 is 23.2 Å². The highest BCUT2D eigenvalue weighted by Gasteiger charge is 2.27. The zero-order valence-electron chi connectivity index (χ0n) is 11.9. The molecule has 1 saturated heterocycles. The van der Waals surface area contributed by atoms with Crippen LogP contribution in [0.5, 0.6) is 0 Å². The molecule has 1 heterocycles. The van der Waals surface area contributed by atoms with Gasteiger partial charge in [0.2, 0.25) is 5.91 Å². The fourth-order valence-corrected chi connectivity index (χ4v) is 2.71. The van der Waals surface area contributed by atoms with Crippen LogP contribution < -0.4 is 5.32 Å². The molecule has 110 valence electrons. The SMILES string of the molecule is Cc1c(Cl)cccc1NC(=O)CN1CCC(C(C)O)C1. The Balaban J connectivity index is 1.89. The third-order valence-corrected chi connectivity index (χ3v) is 4.31. The smallest absolute Gasteiger partial charge is 0.238 e. The maximum Gasteiger partial charge on any atom is 0.238 e. The molecule has 1 amide bonds. The van der Waals surface area contributed by atoms with E-state index in [9.17, 15) is 9.90 Å². The first kappa shape index (κ1) is 15.3. The number of likely N-dealkylation sites (tertiary alicyclic amines) is 1. The number of hydrogen-bond donors (Lipinski definition) is 2. The van der Waals surface area contributed by atoms with Crippen LogP contribution in [0.15, 0.2) is 18.2 Å². The van der Waals surface area contributed by atoms with Crippen molar-refractivity contribution in [3.05, 3.63) is 28.8 Å². The normalized spacial score (nSPS) is 20.9. The van der Waals surface area contributed by atoms with E-state index in [1.165, 1.54) is 0 Å². The summed E-state index contributed by atoms with van der Waals surface area (Å²) in [7, 11) is 0. The number of aliphatic hydroxyl groups is 1. The van der Waals surface area contributed by atoms with E-state index in [4.69, 9.17) is 11.6 Å². The summed E-state index contributed by atoms with van der Waals surface area (Å²) in [5, 5.41) is 13.1. The lowest BCUT2D eigenvalue weighted by Crippen LogP contribution is -2.32. The predicted octanol–water partition coefficient (Wildman–Crippen LogP) is 2.29. The number of nitrogens with zero attached hydrogens (tertiary/aromatic N) is 1. The number of benzene rings is 1. The Bertz CT molecular complexity index is 491. The number of carbonyl (C=O) groups is 1. The van der Waals surface area contributed by atoms with Crippen molar-refractivity contribution in [3.8, 4) is 0 Å². The van der Waals surface area contributed by atoms with Gasteiger partial charge in [0, 0.05) is 17.3 Å². The highest BCUT2D eigenvalue weighted by atomic mass is 35.5. The molecule has 0 aromatic heterocycles. The largest absolute Gasteiger partial charge is 0.393 e. The van der Waals surface area contributed by atoms with E-state index in [0.717, 1.165) is 30.8 Å². The summed E-state index contributed by atoms with van der Waals surface area (Å²) in [6.45, 7) is 5.69. The summed E-state index contributed by atoms with van der Waals surface area (Å²) in [4.78, 5) is 14.1. The molecule has 5 heteroatoms. The predicted molar refractivity (Wildman–Crippen MR) is 81.0 cm³/mol. The minimum Gasteiger partial charge on any atom is -0.393 e. The summed E-state index contributed by atoms with van der Waals surface area (Å²) in [6, 6.07) is 5.48. The van der Waals surface area contributed by atoms with Crippen LogP contribution in [0.25, 0.3) is 0 Å². The quantitative estimate of drug-likeness (QED) is 0.896. The van der Waals surface area contributed by atoms with E-state index in [0.29, 0.717) is 11.6 Å². The summed E-state index contributed by atoms with van der Waals surface area (Å²) in [5.41, 5.74) is 1.64. The minimum absolute atomic E-state index is 0.0402. The fraction of sp³-hybridized carbons (Fsp3) is 0.533. The van der Waals surface area contributed by atoms with Gasteiger partial charge in [-0.25, -0.2) is 0 Å². The van der Waals surface area contributed by atoms with Gasteiger partial charge in [0.1, 0.15) is 0 Å². The maximum absolute atomic E-state index is 12.1. The zero-order valence-corrected chi connectivity index (χ0v) is 12.7. The molecule has 0 bridgehead atoms. The first-order valence-corrected chi connectivity index (χ1v) is 7.30. The molecule has 0 spiro atoms.